The van der Waals surface area contributed by atoms with Crippen LogP contribution >= 0.6 is 0 Å². The van der Waals surface area contributed by atoms with E-state index >= 15 is 0 Å². The largest absolute Gasteiger partial charge is 0.478 e. The maximum absolute atomic E-state index is 13.0. The molecule has 0 fully saturated rings. The number of aromatic carboxylic acids is 1. The topological polar surface area (TPSA) is 117 Å². The minimum atomic E-state index is -1.07. The summed E-state index contributed by atoms with van der Waals surface area (Å²) in [6.45, 7) is 9.78. The second-order valence-corrected chi connectivity index (χ2v) is 8.57. The molecule has 0 bridgehead atoms. The minimum absolute atomic E-state index is 0.00963. The molecule has 1 amide bonds. The molecule has 8 heteroatoms. The zero-order valence-electron chi connectivity index (χ0n) is 18.7. The van der Waals surface area contributed by atoms with Crippen LogP contribution < -0.4 is 11.0 Å². The summed E-state index contributed by atoms with van der Waals surface area (Å²) in [5.74, 6) is -1.58. The van der Waals surface area contributed by atoms with Crippen LogP contribution in [0.4, 0.5) is 0 Å². The number of H-pyrrole nitrogens is 1. The number of aromatic nitrogens is 2. The summed E-state index contributed by atoms with van der Waals surface area (Å²) in [4.78, 5) is 36.3. The van der Waals surface area contributed by atoms with Crippen molar-refractivity contribution in [3.63, 3.8) is 0 Å². The number of nitrogens with zero attached hydrogens (tertiary/aromatic N) is 2. The van der Waals surface area contributed by atoms with Gasteiger partial charge in [0.1, 0.15) is 0 Å². The lowest BCUT2D eigenvalue weighted by atomic mass is 9.87. The maximum atomic E-state index is 13.0. The summed E-state index contributed by atoms with van der Waals surface area (Å²) >= 11 is 0. The van der Waals surface area contributed by atoms with Crippen molar-refractivity contribution in [3.05, 3.63) is 86.8 Å². The molecule has 3 rings (SSSR count). The average molecular weight is 434 g/mol. The minimum Gasteiger partial charge on any atom is -0.478 e. The Morgan fingerprint density at radius 1 is 1.00 bits per heavy atom. The molecule has 8 nitrogen and oxygen atoms in total. The summed E-state index contributed by atoms with van der Waals surface area (Å²) in [6.07, 6.45) is 0. The number of aromatic amines is 1. The molecule has 0 saturated carbocycles. The van der Waals surface area contributed by atoms with Gasteiger partial charge in [0.05, 0.1) is 22.5 Å². The lowest BCUT2D eigenvalue weighted by molar-refractivity contribution is 0.0696. The lowest BCUT2D eigenvalue weighted by Gasteiger charge is -2.19. The van der Waals surface area contributed by atoms with Gasteiger partial charge in [-0.25, -0.2) is 14.9 Å². The molecule has 0 unspecified atom stereocenters. The Labute approximate surface area is 185 Å². The fraction of sp³-hybridized carbons (Fsp3) is 0.250. The van der Waals surface area contributed by atoms with E-state index in [9.17, 15) is 14.4 Å². The second-order valence-electron chi connectivity index (χ2n) is 8.57. The van der Waals surface area contributed by atoms with Crippen LogP contribution in [0.2, 0.25) is 0 Å². The van der Waals surface area contributed by atoms with Crippen LogP contribution in [0.1, 0.15) is 65.2 Å². The van der Waals surface area contributed by atoms with Crippen molar-refractivity contribution in [1.29, 1.82) is 0 Å². The van der Waals surface area contributed by atoms with E-state index in [0.717, 1.165) is 5.56 Å². The first-order valence-electron chi connectivity index (χ1n) is 10.1. The number of carbonyl (C=O) groups is 2. The monoisotopic (exact) mass is 434 g/mol. The Balaban J connectivity index is 1.83. The van der Waals surface area contributed by atoms with Crippen LogP contribution in [0.3, 0.4) is 0 Å². The third kappa shape index (κ3) is 4.69. The molecule has 3 N–H and O–H groups in total. The molecule has 0 aliphatic heterocycles. The van der Waals surface area contributed by atoms with Gasteiger partial charge < -0.3 is 5.11 Å². The van der Waals surface area contributed by atoms with E-state index in [0.29, 0.717) is 22.7 Å². The number of rotatable bonds is 5. The molecule has 0 saturated heterocycles. The van der Waals surface area contributed by atoms with Crippen molar-refractivity contribution in [2.24, 2.45) is 5.10 Å². The molecular formula is C24H26N4O4. The van der Waals surface area contributed by atoms with Crippen LogP contribution in [-0.2, 0) is 5.41 Å². The smallest absolute Gasteiger partial charge is 0.335 e. The van der Waals surface area contributed by atoms with Crippen LogP contribution in [-0.4, -0.2) is 32.5 Å². The molecular weight excluding hydrogens is 408 g/mol. The van der Waals surface area contributed by atoms with E-state index in [1.54, 1.807) is 13.8 Å². The fourth-order valence-corrected chi connectivity index (χ4v) is 3.28. The van der Waals surface area contributed by atoms with Crippen molar-refractivity contribution in [3.8, 4) is 5.69 Å². The SMILES string of the molecule is C/C(=N\NC(=O)c1ccc(C(=O)O)cc1)c1c(C)[nH]n(-c2ccc(C(C)(C)C)cc2)c1=O. The van der Waals surface area contributed by atoms with Gasteiger partial charge in [-0.2, -0.15) is 5.10 Å². The van der Waals surface area contributed by atoms with E-state index in [4.69, 9.17) is 5.11 Å². The fourth-order valence-electron chi connectivity index (χ4n) is 3.28. The number of amides is 1. The van der Waals surface area contributed by atoms with Crippen molar-refractivity contribution < 1.29 is 14.7 Å². The first-order valence-corrected chi connectivity index (χ1v) is 10.1. The van der Waals surface area contributed by atoms with Crippen LogP contribution in [0.15, 0.2) is 58.4 Å². The maximum Gasteiger partial charge on any atom is 0.335 e. The molecule has 166 valence electrons. The van der Waals surface area contributed by atoms with Gasteiger partial charge in [0.15, 0.2) is 0 Å². The molecule has 0 aliphatic carbocycles. The number of hydrazone groups is 1. The molecule has 32 heavy (non-hydrogen) atoms. The van der Waals surface area contributed by atoms with Crippen molar-refractivity contribution >= 4 is 17.6 Å². The predicted octanol–water partition coefficient (Wildman–Crippen LogP) is 3.62. The number of aryl methyl sites for hydroxylation is 1. The molecule has 0 spiro atoms. The summed E-state index contributed by atoms with van der Waals surface area (Å²) in [7, 11) is 0. The molecule has 2 aromatic carbocycles. The highest BCUT2D eigenvalue weighted by atomic mass is 16.4. The number of carboxylic acids is 1. The van der Waals surface area contributed by atoms with Gasteiger partial charge >= 0.3 is 5.97 Å². The molecule has 3 aromatic rings. The Morgan fingerprint density at radius 3 is 2.09 bits per heavy atom. The van der Waals surface area contributed by atoms with Gasteiger partial charge in [-0.1, -0.05) is 32.9 Å². The normalized spacial score (nSPS) is 12.0. The van der Waals surface area contributed by atoms with Gasteiger partial charge in [0, 0.05) is 11.3 Å². The summed E-state index contributed by atoms with van der Waals surface area (Å²) in [5.41, 5.74) is 5.70. The standard InChI is InChI=1S/C24H26N4O4/c1-14(25-26-21(29)16-6-8-17(9-7-16)23(31)32)20-15(2)27-28(22(20)30)19-12-10-18(11-13-19)24(3,4)5/h6-13,27H,1-5H3,(H,26,29)(H,31,32)/b25-14+. The number of benzene rings is 2. The van der Waals surface area contributed by atoms with Crippen molar-refractivity contribution in [1.82, 2.24) is 15.2 Å². The molecule has 0 radical (unpaired) electrons. The molecule has 1 aromatic heterocycles. The first-order chi connectivity index (χ1) is 15.0. The number of nitrogens with one attached hydrogen (secondary N) is 2. The Kier molecular flexibility index (Phi) is 6.16. The highest BCUT2D eigenvalue weighted by Crippen LogP contribution is 2.23. The van der Waals surface area contributed by atoms with Gasteiger partial charge in [0.2, 0.25) is 0 Å². The average Bonchev–Trinajstić information content (AvgIpc) is 3.05. The quantitative estimate of drug-likeness (QED) is 0.420. The van der Waals surface area contributed by atoms with Crippen LogP contribution in [0.5, 0.6) is 0 Å². The summed E-state index contributed by atoms with van der Waals surface area (Å²) in [5, 5.41) is 16.1. The third-order valence-corrected chi connectivity index (χ3v) is 5.14. The van der Waals surface area contributed by atoms with E-state index in [1.165, 1.54) is 28.9 Å². The van der Waals surface area contributed by atoms with E-state index < -0.39 is 11.9 Å². The van der Waals surface area contributed by atoms with Gasteiger partial charge in [-0.05, 0) is 61.2 Å². The van der Waals surface area contributed by atoms with Crippen LogP contribution in [0.25, 0.3) is 5.69 Å². The molecule has 0 atom stereocenters. The van der Waals surface area contributed by atoms with E-state index in [2.05, 4.69) is 36.4 Å². The number of carboxylic acid groups (broad SMARTS) is 1. The van der Waals surface area contributed by atoms with Crippen molar-refractivity contribution in [2.45, 2.75) is 40.0 Å². The summed E-state index contributed by atoms with van der Waals surface area (Å²) < 4.78 is 1.45. The van der Waals surface area contributed by atoms with Gasteiger partial charge in [0.25, 0.3) is 11.5 Å². The molecule has 0 aliphatic rings. The second kappa shape index (κ2) is 8.66. The Bertz CT molecular complexity index is 1240. The van der Waals surface area contributed by atoms with Crippen molar-refractivity contribution in [2.75, 3.05) is 0 Å². The number of hydrogen-bond acceptors (Lipinski definition) is 4. The van der Waals surface area contributed by atoms with Crippen LogP contribution in [0, 0.1) is 6.92 Å². The lowest BCUT2D eigenvalue weighted by Crippen LogP contribution is -2.23. The Morgan fingerprint density at radius 2 is 1.56 bits per heavy atom. The van der Waals surface area contributed by atoms with Gasteiger partial charge in [-0.15, -0.1) is 0 Å². The first kappa shape index (κ1) is 22.7. The molecule has 1 heterocycles. The number of carbonyl (C=O) groups excluding carboxylic acids is 1. The third-order valence-electron chi connectivity index (χ3n) is 5.14. The zero-order valence-corrected chi connectivity index (χ0v) is 18.7. The predicted molar refractivity (Wildman–Crippen MR) is 123 cm³/mol. The number of hydrogen-bond donors (Lipinski definition) is 3. The highest BCUT2D eigenvalue weighted by Gasteiger charge is 2.17. The highest BCUT2D eigenvalue weighted by molar-refractivity contribution is 6.01. The van der Waals surface area contributed by atoms with Gasteiger partial charge in [-0.3, -0.25) is 14.7 Å². The van der Waals surface area contributed by atoms with E-state index in [1.807, 2.05) is 24.3 Å². The Hall–Kier alpha value is -3.94. The summed E-state index contributed by atoms with van der Waals surface area (Å²) in [6, 6.07) is 13.2. The van der Waals surface area contributed by atoms with E-state index in [-0.39, 0.29) is 22.1 Å². The zero-order chi connectivity index (χ0) is 23.6.